The molecule has 2 heterocycles. The monoisotopic (exact) mass is 468 g/mol. The lowest BCUT2D eigenvalue weighted by Gasteiger charge is -2.30. The third-order valence-corrected chi connectivity index (χ3v) is 5.16. The molecule has 1 aliphatic rings. The minimum absolute atomic E-state index is 0. The summed E-state index contributed by atoms with van der Waals surface area (Å²) in [5.41, 5.74) is 1.63. The highest BCUT2D eigenvalue weighted by molar-refractivity contribution is 9.10. The quantitative estimate of drug-likeness (QED) is 0.696. The fourth-order valence-corrected chi connectivity index (χ4v) is 3.69. The van der Waals surface area contributed by atoms with Crippen molar-refractivity contribution in [2.45, 2.75) is 44.7 Å². The lowest BCUT2D eigenvalue weighted by atomic mass is 9.91. The lowest BCUT2D eigenvalue weighted by Crippen LogP contribution is -2.40. The van der Waals surface area contributed by atoms with Crippen LogP contribution in [0.25, 0.3) is 0 Å². The molecule has 1 saturated carbocycles. The van der Waals surface area contributed by atoms with Crippen LogP contribution in [-0.2, 0) is 0 Å². The second-order valence-electron chi connectivity index (χ2n) is 7.15. The predicted octanol–water partition coefficient (Wildman–Crippen LogP) is 3.58. The number of amides is 1. The molecule has 0 aromatic carbocycles. The summed E-state index contributed by atoms with van der Waals surface area (Å²) in [5, 5.41) is 6.55. The fourth-order valence-electron chi connectivity index (χ4n) is 3.32. The number of nitrogens with zero attached hydrogens (tertiary/aromatic N) is 4. The zero-order chi connectivity index (χ0) is 19.4. The number of pyridine rings is 1. The SMILES string of the molecule is Cc1cnc(N[C@H]2CC[C@@H](NC(=O)c3cncc(Br)c3)CC2)nc1N(C)C.Cl. The third kappa shape index (κ3) is 5.78. The smallest absolute Gasteiger partial charge is 0.253 e. The zero-order valence-corrected chi connectivity index (χ0v) is 18.7. The summed E-state index contributed by atoms with van der Waals surface area (Å²) in [4.78, 5) is 27.4. The number of nitrogens with one attached hydrogen (secondary N) is 2. The molecule has 0 saturated heterocycles. The largest absolute Gasteiger partial charge is 0.362 e. The Bertz CT molecular complexity index is 811. The summed E-state index contributed by atoms with van der Waals surface area (Å²) in [5.74, 6) is 1.52. The predicted molar refractivity (Wildman–Crippen MR) is 117 cm³/mol. The normalized spacial score (nSPS) is 18.7. The summed E-state index contributed by atoms with van der Waals surface area (Å²) in [7, 11) is 3.96. The molecule has 0 unspecified atom stereocenters. The second-order valence-corrected chi connectivity index (χ2v) is 8.07. The van der Waals surface area contributed by atoms with E-state index < -0.39 is 0 Å². The van der Waals surface area contributed by atoms with Gasteiger partial charge in [0.1, 0.15) is 5.82 Å². The first-order valence-electron chi connectivity index (χ1n) is 9.11. The van der Waals surface area contributed by atoms with E-state index in [-0.39, 0.29) is 24.4 Å². The maximum atomic E-state index is 12.4. The van der Waals surface area contributed by atoms with Crippen LogP contribution in [-0.4, -0.2) is 47.0 Å². The lowest BCUT2D eigenvalue weighted by molar-refractivity contribution is 0.0926. The Morgan fingerprint density at radius 1 is 1.14 bits per heavy atom. The van der Waals surface area contributed by atoms with Gasteiger partial charge >= 0.3 is 0 Å². The first-order valence-corrected chi connectivity index (χ1v) is 9.90. The van der Waals surface area contributed by atoms with E-state index in [1.54, 1.807) is 18.5 Å². The standard InChI is InChI=1S/C19H25BrN6O.ClH/c1-12-9-22-19(25-17(12)26(2)3)24-16-6-4-15(5-7-16)23-18(27)13-8-14(20)11-21-10-13;/h8-11,15-16H,4-7H2,1-3H3,(H,23,27)(H,22,24,25);1H/t15-,16+;. The molecule has 2 N–H and O–H groups in total. The number of anilines is 2. The van der Waals surface area contributed by atoms with E-state index in [9.17, 15) is 4.79 Å². The van der Waals surface area contributed by atoms with Crippen LogP contribution in [0.4, 0.5) is 11.8 Å². The molecule has 28 heavy (non-hydrogen) atoms. The van der Waals surface area contributed by atoms with Gasteiger partial charge in [-0.2, -0.15) is 4.98 Å². The Balaban J connectivity index is 0.00000280. The number of hydrogen-bond acceptors (Lipinski definition) is 6. The molecule has 9 heteroatoms. The maximum Gasteiger partial charge on any atom is 0.253 e. The van der Waals surface area contributed by atoms with Crippen molar-refractivity contribution in [1.82, 2.24) is 20.3 Å². The van der Waals surface area contributed by atoms with Gasteiger partial charge in [0.2, 0.25) is 5.95 Å². The van der Waals surface area contributed by atoms with Gasteiger partial charge in [0.05, 0.1) is 5.56 Å². The number of hydrogen-bond donors (Lipinski definition) is 2. The van der Waals surface area contributed by atoms with Gasteiger partial charge in [-0.25, -0.2) is 4.98 Å². The van der Waals surface area contributed by atoms with Crippen molar-refractivity contribution in [2.24, 2.45) is 0 Å². The van der Waals surface area contributed by atoms with Gasteiger partial charge in [-0.15, -0.1) is 12.4 Å². The van der Waals surface area contributed by atoms with Crippen LogP contribution in [0.1, 0.15) is 41.6 Å². The molecule has 1 aliphatic carbocycles. The summed E-state index contributed by atoms with van der Waals surface area (Å²) in [6.07, 6.45) is 8.90. The van der Waals surface area contributed by atoms with E-state index in [2.05, 4.69) is 41.5 Å². The molecule has 0 aliphatic heterocycles. The van der Waals surface area contributed by atoms with Gasteiger partial charge in [-0.05, 0) is 54.6 Å². The van der Waals surface area contributed by atoms with Crippen LogP contribution in [0.3, 0.4) is 0 Å². The topological polar surface area (TPSA) is 83.0 Å². The molecule has 2 aromatic heterocycles. The Morgan fingerprint density at radius 2 is 1.82 bits per heavy atom. The molecule has 1 fully saturated rings. The molecular weight excluding hydrogens is 444 g/mol. The number of aromatic nitrogens is 3. The molecule has 0 bridgehead atoms. The van der Waals surface area contributed by atoms with Crippen LogP contribution in [0, 0.1) is 6.92 Å². The summed E-state index contributed by atoms with van der Waals surface area (Å²) in [6, 6.07) is 2.29. The van der Waals surface area contributed by atoms with Gasteiger partial charge in [-0.1, -0.05) is 0 Å². The molecule has 1 amide bonds. The van der Waals surface area contributed by atoms with E-state index in [1.807, 2.05) is 32.1 Å². The van der Waals surface area contributed by atoms with E-state index in [1.165, 1.54) is 0 Å². The Labute approximate surface area is 180 Å². The molecule has 7 nitrogen and oxygen atoms in total. The number of halogens is 2. The molecule has 3 rings (SSSR count). The number of carbonyl (C=O) groups is 1. The van der Waals surface area contributed by atoms with E-state index >= 15 is 0 Å². The molecule has 0 atom stereocenters. The first kappa shape index (κ1) is 22.4. The van der Waals surface area contributed by atoms with Crippen molar-refractivity contribution in [1.29, 1.82) is 0 Å². The molecule has 0 radical (unpaired) electrons. The summed E-state index contributed by atoms with van der Waals surface area (Å²) >= 11 is 3.35. The van der Waals surface area contributed by atoms with Gasteiger partial charge in [0, 0.05) is 54.8 Å². The molecule has 0 spiro atoms. The van der Waals surface area contributed by atoms with E-state index in [0.29, 0.717) is 17.6 Å². The average molecular weight is 470 g/mol. The minimum atomic E-state index is -0.0716. The second kappa shape index (κ2) is 10.0. The Morgan fingerprint density at radius 3 is 2.46 bits per heavy atom. The van der Waals surface area contributed by atoms with Crippen LogP contribution < -0.4 is 15.5 Å². The van der Waals surface area contributed by atoms with Crippen molar-refractivity contribution in [3.8, 4) is 0 Å². The summed E-state index contributed by atoms with van der Waals surface area (Å²) in [6.45, 7) is 2.01. The van der Waals surface area contributed by atoms with Gasteiger partial charge in [0.25, 0.3) is 5.91 Å². The van der Waals surface area contributed by atoms with Gasteiger partial charge in [0.15, 0.2) is 0 Å². The van der Waals surface area contributed by atoms with Gasteiger partial charge in [-0.3, -0.25) is 9.78 Å². The summed E-state index contributed by atoms with van der Waals surface area (Å²) < 4.78 is 0.804. The van der Waals surface area contributed by atoms with Gasteiger partial charge < -0.3 is 15.5 Å². The fraction of sp³-hybridized carbons (Fsp3) is 0.474. The van der Waals surface area contributed by atoms with E-state index in [0.717, 1.165) is 41.5 Å². The number of aryl methyl sites for hydroxylation is 1. The highest BCUT2D eigenvalue weighted by atomic mass is 79.9. The zero-order valence-electron chi connectivity index (χ0n) is 16.3. The first-order chi connectivity index (χ1) is 12.9. The van der Waals surface area contributed by atoms with Crippen LogP contribution in [0.2, 0.25) is 0 Å². The van der Waals surface area contributed by atoms with Crippen molar-refractivity contribution in [3.05, 3.63) is 40.3 Å². The molecule has 152 valence electrons. The maximum absolute atomic E-state index is 12.4. The molecular formula is C19H26BrClN6O. The van der Waals surface area contributed by atoms with E-state index in [4.69, 9.17) is 0 Å². The van der Waals surface area contributed by atoms with Crippen LogP contribution in [0.15, 0.2) is 29.1 Å². The number of carbonyl (C=O) groups excluding carboxylic acids is 1. The van der Waals surface area contributed by atoms with Crippen molar-refractivity contribution < 1.29 is 4.79 Å². The minimum Gasteiger partial charge on any atom is -0.362 e. The van der Waals surface area contributed by atoms with Crippen molar-refractivity contribution in [3.63, 3.8) is 0 Å². The highest BCUT2D eigenvalue weighted by Crippen LogP contribution is 2.23. The average Bonchev–Trinajstić information content (AvgIpc) is 2.64. The van der Waals surface area contributed by atoms with Crippen LogP contribution in [0.5, 0.6) is 0 Å². The van der Waals surface area contributed by atoms with Crippen molar-refractivity contribution >= 4 is 46.0 Å². The third-order valence-electron chi connectivity index (χ3n) is 4.73. The number of rotatable bonds is 5. The highest BCUT2D eigenvalue weighted by Gasteiger charge is 2.23. The molecule has 2 aromatic rings. The Kier molecular flexibility index (Phi) is 8.00. The Hall–Kier alpha value is -1.93. The van der Waals surface area contributed by atoms with Crippen LogP contribution >= 0.6 is 28.3 Å². The van der Waals surface area contributed by atoms with Crippen molar-refractivity contribution in [2.75, 3.05) is 24.3 Å².